The van der Waals surface area contributed by atoms with Gasteiger partial charge in [-0.3, -0.25) is 0 Å². The van der Waals surface area contributed by atoms with Gasteiger partial charge < -0.3 is 11.1 Å². The van der Waals surface area contributed by atoms with Gasteiger partial charge in [0, 0.05) is 6.04 Å². The van der Waals surface area contributed by atoms with Crippen molar-refractivity contribution in [2.24, 2.45) is 17.6 Å². The third-order valence-electron chi connectivity index (χ3n) is 2.25. The SMILES string of the molecule is C[C@@H]1CNC[C@H](C)C1N. The van der Waals surface area contributed by atoms with Gasteiger partial charge in [0.15, 0.2) is 0 Å². The number of hydrogen-bond acceptors (Lipinski definition) is 2. The highest BCUT2D eigenvalue weighted by atomic mass is 14.9. The van der Waals surface area contributed by atoms with Gasteiger partial charge in [0.2, 0.25) is 0 Å². The molecule has 1 heterocycles. The maximum absolute atomic E-state index is 5.88. The smallest absolute Gasteiger partial charge is 0.0115 e. The molecule has 0 radical (unpaired) electrons. The minimum atomic E-state index is 0.409. The zero-order valence-electron chi connectivity index (χ0n) is 6.22. The summed E-state index contributed by atoms with van der Waals surface area (Å²) >= 11 is 0. The van der Waals surface area contributed by atoms with Gasteiger partial charge in [0.05, 0.1) is 0 Å². The highest BCUT2D eigenvalue weighted by Gasteiger charge is 2.23. The molecule has 0 aromatic heterocycles. The molecule has 9 heavy (non-hydrogen) atoms. The second-order valence-corrected chi connectivity index (χ2v) is 3.19. The molecule has 2 heteroatoms. The highest BCUT2D eigenvalue weighted by molar-refractivity contribution is 4.82. The molecule has 1 saturated heterocycles. The molecule has 0 spiro atoms. The largest absolute Gasteiger partial charge is 0.327 e. The first-order chi connectivity index (χ1) is 4.22. The minimum Gasteiger partial charge on any atom is -0.327 e. The maximum atomic E-state index is 5.88. The zero-order valence-corrected chi connectivity index (χ0v) is 6.22. The molecule has 1 fully saturated rings. The van der Waals surface area contributed by atoms with Crippen molar-refractivity contribution in [3.05, 3.63) is 0 Å². The number of nitrogens with two attached hydrogens (primary N) is 1. The number of piperidine rings is 1. The Morgan fingerprint density at radius 1 is 1.22 bits per heavy atom. The molecule has 2 nitrogen and oxygen atoms in total. The van der Waals surface area contributed by atoms with Crippen LogP contribution in [0.5, 0.6) is 0 Å². The van der Waals surface area contributed by atoms with E-state index >= 15 is 0 Å². The van der Waals surface area contributed by atoms with E-state index in [1.54, 1.807) is 0 Å². The van der Waals surface area contributed by atoms with E-state index in [1.807, 2.05) is 0 Å². The minimum absolute atomic E-state index is 0.409. The van der Waals surface area contributed by atoms with Crippen molar-refractivity contribution in [2.75, 3.05) is 13.1 Å². The van der Waals surface area contributed by atoms with Crippen molar-refractivity contribution in [2.45, 2.75) is 19.9 Å². The first-order valence-corrected chi connectivity index (χ1v) is 3.68. The lowest BCUT2D eigenvalue weighted by molar-refractivity contribution is 0.270. The zero-order chi connectivity index (χ0) is 6.85. The Balaban J connectivity index is 2.41. The lowest BCUT2D eigenvalue weighted by atomic mass is 9.88. The summed E-state index contributed by atoms with van der Waals surface area (Å²) in [6, 6.07) is 0.409. The van der Waals surface area contributed by atoms with Gasteiger partial charge in [0.1, 0.15) is 0 Å². The second kappa shape index (κ2) is 2.67. The average Bonchev–Trinajstić information content (AvgIpc) is 1.83. The Labute approximate surface area is 56.8 Å². The normalized spacial score (nSPS) is 45.0. The number of rotatable bonds is 0. The summed E-state index contributed by atoms with van der Waals surface area (Å²) in [6.45, 7) is 6.58. The summed E-state index contributed by atoms with van der Waals surface area (Å²) in [7, 11) is 0. The third kappa shape index (κ3) is 1.43. The average molecular weight is 128 g/mol. The van der Waals surface area contributed by atoms with Gasteiger partial charge in [0.25, 0.3) is 0 Å². The van der Waals surface area contributed by atoms with Crippen LogP contribution in [0.15, 0.2) is 0 Å². The van der Waals surface area contributed by atoms with E-state index in [4.69, 9.17) is 5.73 Å². The lowest BCUT2D eigenvalue weighted by Gasteiger charge is -2.31. The van der Waals surface area contributed by atoms with Crippen molar-refractivity contribution >= 4 is 0 Å². The van der Waals surface area contributed by atoms with Crippen molar-refractivity contribution in [1.82, 2.24) is 5.32 Å². The van der Waals surface area contributed by atoms with E-state index in [0.29, 0.717) is 17.9 Å². The van der Waals surface area contributed by atoms with Gasteiger partial charge in [-0.05, 0) is 24.9 Å². The van der Waals surface area contributed by atoms with Crippen LogP contribution in [0, 0.1) is 11.8 Å². The van der Waals surface area contributed by atoms with E-state index in [9.17, 15) is 0 Å². The number of nitrogens with one attached hydrogen (secondary N) is 1. The van der Waals surface area contributed by atoms with Crippen molar-refractivity contribution in [3.63, 3.8) is 0 Å². The predicted molar refractivity (Wildman–Crippen MR) is 39.2 cm³/mol. The summed E-state index contributed by atoms with van der Waals surface area (Å²) in [5, 5.41) is 3.33. The third-order valence-corrected chi connectivity index (χ3v) is 2.25. The molecular formula is C7H16N2. The monoisotopic (exact) mass is 128 g/mol. The molecular weight excluding hydrogens is 112 g/mol. The topological polar surface area (TPSA) is 38.0 Å². The van der Waals surface area contributed by atoms with E-state index in [2.05, 4.69) is 19.2 Å². The molecule has 54 valence electrons. The van der Waals surface area contributed by atoms with Gasteiger partial charge >= 0.3 is 0 Å². The summed E-state index contributed by atoms with van der Waals surface area (Å²) in [4.78, 5) is 0. The van der Waals surface area contributed by atoms with Gasteiger partial charge in [-0.1, -0.05) is 13.8 Å². The van der Waals surface area contributed by atoms with Gasteiger partial charge in [-0.25, -0.2) is 0 Å². The standard InChI is InChI=1S/C7H16N2/c1-5-3-9-4-6(2)7(5)8/h5-7,9H,3-4,8H2,1-2H3/t5-,6+,7?. The van der Waals surface area contributed by atoms with Crippen LogP contribution in [0.25, 0.3) is 0 Å². The van der Waals surface area contributed by atoms with E-state index in [0.717, 1.165) is 13.1 Å². The molecule has 0 aromatic carbocycles. The molecule has 1 unspecified atom stereocenters. The van der Waals surface area contributed by atoms with Crippen molar-refractivity contribution in [3.8, 4) is 0 Å². The first kappa shape index (κ1) is 7.03. The molecule has 1 rings (SSSR count). The molecule has 0 saturated carbocycles. The van der Waals surface area contributed by atoms with Crippen LogP contribution >= 0.6 is 0 Å². The molecule has 0 aliphatic carbocycles. The van der Waals surface area contributed by atoms with Crippen molar-refractivity contribution in [1.29, 1.82) is 0 Å². The molecule has 0 aromatic rings. The van der Waals surface area contributed by atoms with Crippen molar-refractivity contribution < 1.29 is 0 Å². The van der Waals surface area contributed by atoms with Crippen LogP contribution in [0.4, 0.5) is 0 Å². The highest BCUT2D eigenvalue weighted by Crippen LogP contribution is 2.13. The Morgan fingerprint density at radius 2 is 1.67 bits per heavy atom. The fourth-order valence-corrected chi connectivity index (χ4v) is 1.37. The number of hydrogen-bond donors (Lipinski definition) is 2. The van der Waals surface area contributed by atoms with Gasteiger partial charge in [-0.15, -0.1) is 0 Å². The fraction of sp³-hybridized carbons (Fsp3) is 1.00. The van der Waals surface area contributed by atoms with E-state index < -0.39 is 0 Å². The Hall–Kier alpha value is -0.0800. The molecule has 1 aliphatic rings. The van der Waals surface area contributed by atoms with Crippen LogP contribution in [-0.4, -0.2) is 19.1 Å². The first-order valence-electron chi connectivity index (χ1n) is 3.68. The Morgan fingerprint density at radius 3 is 2.00 bits per heavy atom. The van der Waals surface area contributed by atoms with Crippen LogP contribution in [0.2, 0.25) is 0 Å². The van der Waals surface area contributed by atoms with Crippen LogP contribution in [-0.2, 0) is 0 Å². The fourth-order valence-electron chi connectivity index (χ4n) is 1.37. The predicted octanol–water partition coefficient (Wildman–Crippen LogP) is 0.189. The molecule has 3 N–H and O–H groups in total. The summed E-state index contributed by atoms with van der Waals surface area (Å²) in [6.07, 6.45) is 0. The van der Waals surface area contributed by atoms with E-state index in [-0.39, 0.29) is 0 Å². The van der Waals surface area contributed by atoms with Crippen LogP contribution in [0.1, 0.15) is 13.8 Å². The van der Waals surface area contributed by atoms with E-state index in [1.165, 1.54) is 0 Å². The maximum Gasteiger partial charge on any atom is 0.0115 e. The summed E-state index contributed by atoms with van der Waals surface area (Å²) in [5.41, 5.74) is 5.88. The Kier molecular flexibility index (Phi) is 2.09. The molecule has 0 bridgehead atoms. The summed E-state index contributed by atoms with van der Waals surface area (Å²) in [5.74, 6) is 1.29. The molecule has 3 atom stereocenters. The summed E-state index contributed by atoms with van der Waals surface area (Å²) < 4.78 is 0. The second-order valence-electron chi connectivity index (χ2n) is 3.19. The Bertz CT molecular complexity index is 82.9. The quantitative estimate of drug-likeness (QED) is 0.488. The lowest BCUT2D eigenvalue weighted by Crippen LogP contribution is -2.49. The molecule has 0 amide bonds. The van der Waals surface area contributed by atoms with Crippen LogP contribution < -0.4 is 11.1 Å². The molecule has 1 aliphatic heterocycles. The van der Waals surface area contributed by atoms with Gasteiger partial charge in [-0.2, -0.15) is 0 Å². The van der Waals surface area contributed by atoms with Crippen LogP contribution in [0.3, 0.4) is 0 Å².